The Bertz CT molecular complexity index is 1120. The summed E-state index contributed by atoms with van der Waals surface area (Å²) in [5, 5.41) is 0.744. The topological polar surface area (TPSA) is 54.9 Å². The van der Waals surface area contributed by atoms with Gasteiger partial charge in [-0.3, -0.25) is 14.6 Å². The molecule has 6 nitrogen and oxygen atoms in total. The summed E-state index contributed by atoms with van der Waals surface area (Å²) < 4.78 is 12.1. The molecule has 1 amide bonds. The second-order valence-electron chi connectivity index (χ2n) is 8.71. The monoisotopic (exact) mass is 467 g/mol. The first-order chi connectivity index (χ1) is 16.0. The van der Waals surface area contributed by atoms with Crippen molar-refractivity contribution in [2.45, 2.75) is 33.6 Å². The molecular weight excluding hydrogens is 434 g/mol. The number of amides is 1. The number of hydrogen-bond acceptors (Lipinski definition) is 6. The number of methoxy groups -OCH3 is 1. The van der Waals surface area contributed by atoms with Crippen molar-refractivity contribution in [3.63, 3.8) is 0 Å². The third-order valence-electron chi connectivity index (χ3n) is 6.33. The van der Waals surface area contributed by atoms with E-state index in [1.807, 2.05) is 17.0 Å². The normalized spacial score (nSPS) is 14.5. The molecule has 33 heavy (non-hydrogen) atoms. The number of carbonyl (C=O) groups is 1. The molecular formula is C26H33N3O3S. The maximum absolute atomic E-state index is 13.5. The van der Waals surface area contributed by atoms with Crippen LogP contribution in [0.1, 0.15) is 28.7 Å². The van der Waals surface area contributed by atoms with Gasteiger partial charge >= 0.3 is 0 Å². The van der Waals surface area contributed by atoms with Crippen molar-refractivity contribution in [1.82, 2.24) is 9.88 Å². The summed E-state index contributed by atoms with van der Waals surface area (Å²) in [7, 11) is 1.66. The number of morpholine rings is 1. The van der Waals surface area contributed by atoms with E-state index in [0.29, 0.717) is 13.0 Å². The number of fused-ring (bicyclic) bond motifs is 1. The quantitative estimate of drug-likeness (QED) is 0.487. The molecule has 4 rings (SSSR count). The number of anilines is 1. The Hall–Kier alpha value is -2.48. The van der Waals surface area contributed by atoms with Gasteiger partial charge in [0, 0.05) is 26.2 Å². The SMILES string of the molecule is COc1ccc(C)c2sc(N(CCCN3CCOCC3)C(=O)Cc3ccc(C)c(C)c3)nc12. The molecule has 0 aliphatic carbocycles. The lowest BCUT2D eigenvalue weighted by Crippen LogP contribution is -2.39. The molecule has 3 aromatic rings. The number of ether oxygens (including phenoxy) is 2. The molecule has 1 fully saturated rings. The van der Waals surface area contributed by atoms with Crippen LogP contribution in [0.15, 0.2) is 30.3 Å². The van der Waals surface area contributed by atoms with E-state index in [4.69, 9.17) is 14.5 Å². The fourth-order valence-electron chi connectivity index (χ4n) is 4.17. The van der Waals surface area contributed by atoms with Gasteiger partial charge in [-0.15, -0.1) is 0 Å². The maximum Gasteiger partial charge on any atom is 0.233 e. The summed E-state index contributed by atoms with van der Waals surface area (Å²) in [4.78, 5) is 22.7. The Morgan fingerprint density at radius 1 is 1.12 bits per heavy atom. The molecule has 0 radical (unpaired) electrons. The van der Waals surface area contributed by atoms with E-state index in [0.717, 1.165) is 71.5 Å². The van der Waals surface area contributed by atoms with E-state index in [9.17, 15) is 4.79 Å². The van der Waals surface area contributed by atoms with Gasteiger partial charge in [0.25, 0.3) is 0 Å². The molecule has 0 bridgehead atoms. The van der Waals surface area contributed by atoms with Crippen molar-refractivity contribution in [3.8, 4) is 5.75 Å². The van der Waals surface area contributed by atoms with Crippen LogP contribution in [0.3, 0.4) is 0 Å². The number of benzene rings is 2. The van der Waals surface area contributed by atoms with Crippen LogP contribution in [-0.4, -0.2) is 62.3 Å². The molecule has 0 spiro atoms. The highest BCUT2D eigenvalue weighted by atomic mass is 32.1. The largest absolute Gasteiger partial charge is 0.494 e. The van der Waals surface area contributed by atoms with Gasteiger partial charge in [0.15, 0.2) is 5.13 Å². The molecule has 176 valence electrons. The molecule has 0 atom stereocenters. The summed E-state index contributed by atoms with van der Waals surface area (Å²) in [6.45, 7) is 11.3. The smallest absolute Gasteiger partial charge is 0.233 e. The van der Waals surface area contributed by atoms with Gasteiger partial charge in [-0.05, 0) is 55.5 Å². The van der Waals surface area contributed by atoms with Gasteiger partial charge in [-0.2, -0.15) is 0 Å². The molecule has 1 aromatic heterocycles. The highest BCUT2D eigenvalue weighted by Crippen LogP contribution is 2.36. The predicted molar refractivity (Wildman–Crippen MR) is 135 cm³/mol. The van der Waals surface area contributed by atoms with Gasteiger partial charge in [-0.25, -0.2) is 4.98 Å². The van der Waals surface area contributed by atoms with Crippen molar-refractivity contribution >= 4 is 32.6 Å². The first-order valence-corrected chi connectivity index (χ1v) is 12.4. The van der Waals surface area contributed by atoms with Crippen LogP contribution in [0.5, 0.6) is 5.75 Å². The first-order valence-electron chi connectivity index (χ1n) is 11.6. The van der Waals surface area contributed by atoms with Crippen LogP contribution in [0.25, 0.3) is 10.2 Å². The average Bonchev–Trinajstić information content (AvgIpc) is 3.26. The Balaban J connectivity index is 1.58. The van der Waals surface area contributed by atoms with Crippen LogP contribution in [-0.2, 0) is 16.0 Å². The van der Waals surface area contributed by atoms with Crippen molar-refractivity contribution in [2.75, 3.05) is 51.4 Å². The zero-order valence-electron chi connectivity index (χ0n) is 20.0. The van der Waals surface area contributed by atoms with Gasteiger partial charge in [0.1, 0.15) is 11.3 Å². The van der Waals surface area contributed by atoms with Gasteiger partial charge in [0.2, 0.25) is 5.91 Å². The highest BCUT2D eigenvalue weighted by Gasteiger charge is 2.22. The van der Waals surface area contributed by atoms with E-state index in [-0.39, 0.29) is 5.91 Å². The maximum atomic E-state index is 13.5. The highest BCUT2D eigenvalue weighted by molar-refractivity contribution is 7.22. The Labute approximate surface area is 200 Å². The summed E-state index contributed by atoms with van der Waals surface area (Å²) in [6.07, 6.45) is 1.26. The minimum Gasteiger partial charge on any atom is -0.494 e. The summed E-state index contributed by atoms with van der Waals surface area (Å²) in [6, 6.07) is 10.2. The third-order valence-corrected chi connectivity index (χ3v) is 7.54. The standard InChI is InChI=1S/C26H33N3O3S/c1-18-6-8-21(16-20(18)3)17-23(30)29(11-5-10-28-12-14-32-15-13-28)26-27-24-22(31-4)9-7-19(2)25(24)33-26/h6-9,16H,5,10-15,17H2,1-4H3. The Kier molecular flexibility index (Phi) is 7.63. The van der Waals surface area contributed by atoms with Crippen molar-refractivity contribution < 1.29 is 14.3 Å². The minimum absolute atomic E-state index is 0.0795. The van der Waals surface area contributed by atoms with E-state index < -0.39 is 0 Å². The zero-order chi connectivity index (χ0) is 23.4. The van der Waals surface area contributed by atoms with Crippen molar-refractivity contribution in [2.24, 2.45) is 0 Å². The molecule has 0 N–H and O–H groups in total. The number of aryl methyl sites for hydroxylation is 3. The van der Waals surface area contributed by atoms with E-state index in [1.54, 1.807) is 18.4 Å². The molecule has 0 saturated carbocycles. The Morgan fingerprint density at radius 3 is 2.61 bits per heavy atom. The number of nitrogens with zero attached hydrogens (tertiary/aromatic N) is 3. The molecule has 2 aromatic carbocycles. The van der Waals surface area contributed by atoms with Crippen LogP contribution >= 0.6 is 11.3 Å². The van der Waals surface area contributed by atoms with E-state index in [2.05, 4.69) is 43.9 Å². The number of aromatic nitrogens is 1. The zero-order valence-corrected chi connectivity index (χ0v) is 20.8. The molecule has 0 unspecified atom stereocenters. The second-order valence-corrected chi connectivity index (χ2v) is 9.68. The van der Waals surface area contributed by atoms with Crippen LogP contribution < -0.4 is 9.64 Å². The average molecular weight is 468 g/mol. The summed E-state index contributed by atoms with van der Waals surface area (Å²) in [5.74, 6) is 0.823. The second kappa shape index (κ2) is 10.6. The summed E-state index contributed by atoms with van der Waals surface area (Å²) in [5.41, 5.74) is 5.46. The van der Waals surface area contributed by atoms with E-state index in [1.165, 1.54) is 11.1 Å². The summed E-state index contributed by atoms with van der Waals surface area (Å²) >= 11 is 1.57. The first kappa shape index (κ1) is 23.7. The predicted octanol–water partition coefficient (Wildman–Crippen LogP) is 4.53. The fraction of sp³-hybridized carbons (Fsp3) is 0.462. The molecule has 1 saturated heterocycles. The van der Waals surface area contributed by atoms with E-state index >= 15 is 0 Å². The number of hydrogen-bond donors (Lipinski definition) is 0. The van der Waals surface area contributed by atoms with Crippen molar-refractivity contribution in [3.05, 3.63) is 52.6 Å². The third kappa shape index (κ3) is 5.54. The van der Waals surface area contributed by atoms with Crippen LogP contribution in [0, 0.1) is 20.8 Å². The molecule has 7 heteroatoms. The van der Waals surface area contributed by atoms with Crippen molar-refractivity contribution in [1.29, 1.82) is 0 Å². The van der Waals surface area contributed by atoms with Gasteiger partial charge in [0.05, 0.1) is 31.4 Å². The molecule has 1 aliphatic rings. The van der Waals surface area contributed by atoms with Crippen LogP contribution in [0.2, 0.25) is 0 Å². The Morgan fingerprint density at radius 2 is 1.88 bits per heavy atom. The molecule has 2 heterocycles. The number of carbonyl (C=O) groups excluding carboxylic acids is 1. The lowest BCUT2D eigenvalue weighted by Gasteiger charge is -2.27. The number of thiazole rings is 1. The molecule has 1 aliphatic heterocycles. The van der Waals surface area contributed by atoms with Gasteiger partial charge < -0.3 is 9.47 Å². The lowest BCUT2D eigenvalue weighted by molar-refractivity contribution is -0.118. The van der Waals surface area contributed by atoms with Crippen LogP contribution in [0.4, 0.5) is 5.13 Å². The number of rotatable bonds is 8. The van der Waals surface area contributed by atoms with Gasteiger partial charge in [-0.1, -0.05) is 35.6 Å². The lowest BCUT2D eigenvalue weighted by atomic mass is 10.0. The minimum atomic E-state index is 0.0795. The fourth-order valence-corrected chi connectivity index (χ4v) is 5.26.